The standard InChI is InChI=1S/C24H23N3O3/c1-18(28)19-5-7-21(8-6-19)26-13-15-27(16-14-26)24(29)20-3-2-4-23(17-20)30-22-9-11-25-12-10-22/h2-12,17H,13-16H2,1H3. The largest absolute Gasteiger partial charge is 0.457 e. The number of piperazine rings is 1. The summed E-state index contributed by atoms with van der Waals surface area (Å²) in [5, 5.41) is 0. The number of hydrogen-bond acceptors (Lipinski definition) is 5. The lowest BCUT2D eigenvalue weighted by atomic mass is 10.1. The monoisotopic (exact) mass is 401 g/mol. The van der Waals surface area contributed by atoms with Crippen molar-refractivity contribution in [2.45, 2.75) is 6.92 Å². The van der Waals surface area contributed by atoms with Gasteiger partial charge >= 0.3 is 0 Å². The summed E-state index contributed by atoms with van der Waals surface area (Å²) in [5.74, 6) is 1.36. The van der Waals surface area contributed by atoms with Crippen LogP contribution in [0.25, 0.3) is 0 Å². The lowest BCUT2D eigenvalue weighted by molar-refractivity contribution is 0.0746. The fourth-order valence-corrected chi connectivity index (χ4v) is 3.49. The minimum absolute atomic E-state index is 0.00163. The van der Waals surface area contributed by atoms with E-state index in [-0.39, 0.29) is 11.7 Å². The Morgan fingerprint density at radius 2 is 1.53 bits per heavy atom. The van der Waals surface area contributed by atoms with Crippen LogP contribution in [0.5, 0.6) is 11.5 Å². The minimum atomic E-state index is 0.00163. The van der Waals surface area contributed by atoms with Gasteiger partial charge < -0.3 is 14.5 Å². The molecule has 6 heteroatoms. The van der Waals surface area contributed by atoms with Crippen LogP contribution in [-0.2, 0) is 0 Å². The number of anilines is 1. The van der Waals surface area contributed by atoms with E-state index in [1.165, 1.54) is 0 Å². The zero-order valence-corrected chi connectivity index (χ0v) is 16.8. The molecule has 0 aliphatic carbocycles. The summed E-state index contributed by atoms with van der Waals surface area (Å²) in [6, 6.07) is 18.4. The summed E-state index contributed by atoms with van der Waals surface area (Å²) < 4.78 is 5.81. The van der Waals surface area contributed by atoms with Gasteiger partial charge in [-0.3, -0.25) is 14.6 Å². The Labute approximate surface area is 175 Å². The van der Waals surface area contributed by atoms with Gasteiger partial charge in [-0.2, -0.15) is 0 Å². The first-order chi connectivity index (χ1) is 14.6. The SMILES string of the molecule is CC(=O)c1ccc(N2CCN(C(=O)c3cccc(Oc4ccncc4)c3)CC2)cc1. The van der Waals surface area contributed by atoms with Crippen molar-refractivity contribution in [3.05, 3.63) is 84.2 Å². The Morgan fingerprint density at radius 1 is 0.833 bits per heavy atom. The lowest BCUT2D eigenvalue weighted by Gasteiger charge is -2.36. The molecule has 0 unspecified atom stereocenters. The Morgan fingerprint density at radius 3 is 2.20 bits per heavy atom. The molecule has 4 rings (SSSR count). The number of carbonyl (C=O) groups is 2. The molecule has 2 heterocycles. The smallest absolute Gasteiger partial charge is 0.254 e. The van der Waals surface area contributed by atoms with Gasteiger partial charge in [0.2, 0.25) is 0 Å². The highest BCUT2D eigenvalue weighted by atomic mass is 16.5. The Kier molecular flexibility index (Phi) is 5.75. The van der Waals surface area contributed by atoms with E-state index in [0.29, 0.717) is 35.7 Å². The van der Waals surface area contributed by atoms with Crippen LogP contribution >= 0.6 is 0 Å². The molecule has 1 aromatic heterocycles. The van der Waals surface area contributed by atoms with E-state index in [9.17, 15) is 9.59 Å². The summed E-state index contributed by atoms with van der Waals surface area (Å²) in [6.07, 6.45) is 3.33. The second-order valence-electron chi connectivity index (χ2n) is 7.20. The lowest BCUT2D eigenvalue weighted by Crippen LogP contribution is -2.48. The van der Waals surface area contributed by atoms with Crippen molar-refractivity contribution in [1.82, 2.24) is 9.88 Å². The number of hydrogen-bond donors (Lipinski definition) is 0. The predicted octanol–water partition coefficient (Wildman–Crippen LogP) is 4.04. The van der Waals surface area contributed by atoms with Crippen LogP contribution in [0.4, 0.5) is 5.69 Å². The molecule has 3 aromatic rings. The van der Waals surface area contributed by atoms with Gasteiger partial charge in [0.1, 0.15) is 11.5 Å². The molecule has 1 aliphatic heterocycles. The first-order valence-corrected chi connectivity index (χ1v) is 9.93. The average molecular weight is 401 g/mol. The molecule has 0 radical (unpaired) electrons. The van der Waals surface area contributed by atoms with E-state index in [0.717, 1.165) is 18.8 Å². The Balaban J connectivity index is 1.38. The van der Waals surface area contributed by atoms with Gasteiger partial charge in [0, 0.05) is 55.4 Å². The normalized spacial score (nSPS) is 13.8. The Bertz CT molecular complexity index is 1030. The van der Waals surface area contributed by atoms with E-state index in [1.807, 2.05) is 47.4 Å². The van der Waals surface area contributed by atoms with Crippen molar-refractivity contribution < 1.29 is 14.3 Å². The zero-order valence-electron chi connectivity index (χ0n) is 16.8. The van der Waals surface area contributed by atoms with E-state index < -0.39 is 0 Å². The maximum absolute atomic E-state index is 13.0. The third kappa shape index (κ3) is 4.49. The maximum atomic E-state index is 13.0. The molecule has 0 atom stereocenters. The maximum Gasteiger partial charge on any atom is 0.254 e. The summed E-state index contributed by atoms with van der Waals surface area (Å²) in [7, 11) is 0. The van der Waals surface area contributed by atoms with Gasteiger partial charge in [-0.15, -0.1) is 0 Å². The van der Waals surface area contributed by atoms with Crippen molar-refractivity contribution in [2.75, 3.05) is 31.1 Å². The molecule has 1 fully saturated rings. The number of Topliss-reactive ketones (excluding diaryl/α,β-unsaturated/α-hetero) is 1. The van der Waals surface area contributed by atoms with E-state index in [2.05, 4.69) is 9.88 Å². The molecule has 6 nitrogen and oxygen atoms in total. The predicted molar refractivity (Wildman–Crippen MR) is 115 cm³/mol. The Hall–Kier alpha value is -3.67. The molecule has 1 saturated heterocycles. The van der Waals surface area contributed by atoms with Gasteiger partial charge in [-0.1, -0.05) is 6.07 Å². The molecule has 0 spiro atoms. The van der Waals surface area contributed by atoms with Crippen LogP contribution in [-0.4, -0.2) is 47.8 Å². The average Bonchev–Trinajstić information content (AvgIpc) is 2.80. The third-order valence-corrected chi connectivity index (χ3v) is 5.17. The summed E-state index contributed by atoms with van der Waals surface area (Å²) in [5.41, 5.74) is 2.39. The highest BCUT2D eigenvalue weighted by Gasteiger charge is 2.22. The van der Waals surface area contributed by atoms with Crippen molar-refractivity contribution >= 4 is 17.4 Å². The third-order valence-electron chi connectivity index (χ3n) is 5.17. The zero-order chi connectivity index (χ0) is 20.9. The fraction of sp³-hybridized carbons (Fsp3) is 0.208. The number of aromatic nitrogens is 1. The molecule has 0 N–H and O–H groups in total. The van der Waals surface area contributed by atoms with E-state index in [1.54, 1.807) is 37.5 Å². The minimum Gasteiger partial charge on any atom is -0.457 e. The van der Waals surface area contributed by atoms with Crippen LogP contribution in [0.1, 0.15) is 27.6 Å². The number of carbonyl (C=O) groups excluding carboxylic acids is 2. The van der Waals surface area contributed by atoms with Crippen molar-refractivity contribution in [2.24, 2.45) is 0 Å². The quantitative estimate of drug-likeness (QED) is 0.604. The second kappa shape index (κ2) is 8.78. The van der Waals surface area contributed by atoms with E-state index in [4.69, 9.17) is 4.74 Å². The molecule has 1 amide bonds. The van der Waals surface area contributed by atoms with Crippen LogP contribution in [0.3, 0.4) is 0 Å². The molecule has 0 bridgehead atoms. The first-order valence-electron chi connectivity index (χ1n) is 9.93. The summed E-state index contributed by atoms with van der Waals surface area (Å²) >= 11 is 0. The van der Waals surface area contributed by atoms with Crippen LogP contribution in [0, 0.1) is 0 Å². The highest BCUT2D eigenvalue weighted by molar-refractivity contribution is 5.95. The molecule has 1 aliphatic rings. The van der Waals surface area contributed by atoms with Gasteiger partial charge in [0.05, 0.1) is 0 Å². The molecule has 30 heavy (non-hydrogen) atoms. The fourth-order valence-electron chi connectivity index (χ4n) is 3.49. The topological polar surface area (TPSA) is 62.7 Å². The van der Waals surface area contributed by atoms with Crippen molar-refractivity contribution in [1.29, 1.82) is 0 Å². The van der Waals surface area contributed by atoms with Gasteiger partial charge in [0.15, 0.2) is 5.78 Å². The highest BCUT2D eigenvalue weighted by Crippen LogP contribution is 2.23. The van der Waals surface area contributed by atoms with Gasteiger partial charge in [-0.05, 0) is 61.5 Å². The van der Waals surface area contributed by atoms with Gasteiger partial charge in [0.25, 0.3) is 5.91 Å². The summed E-state index contributed by atoms with van der Waals surface area (Å²) in [6.45, 7) is 4.35. The number of ketones is 1. The first kappa shape index (κ1) is 19.6. The van der Waals surface area contributed by atoms with E-state index >= 15 is 0 Å². The number of benzene rings is 2. The molecule has 152 valence electrons. The van der Waals surface area contributed by atoms with Crippen LogP contribution in [0.2, 0.25) is 0 Å². The van der Waals surface area contributed by atoms with Crippen LogP contribution in [0.15, 0.2) is 73.1 Å². The van der Waals surface area contributed by atoms with Crippen molar-refractivity contribution in [3.63, 3.8) is 0 Å². The molecular weight excluding hydrogens is 378 g/mol. The number of rotatable bonds is 5. The molecule has 0 saturated carbocycles. The number of nitrogens with zero attached hydrogens (tertiary/aromatic N) is 3. The summed E-state index contributed by atoms with van der Waals surface area (Å²) in [4.78, 5) is 32.5. The second-order valence-corrected chi connectivity index (χ2v) is 7.20. The number of ether oxygens (including phenoxy) is 1. The molecular formula is C24H23N3O3. The van der Waals surface area contributed by atoms with Crippen molar-refractivity contribution in [3.8, 4) is 11.5 Å². The molecule has 2 aromatic carbocycles. The van der Waals surface area contributed by atoms with Crippen LogP contribution < -0.4 is 9.64 Å². The number of amides is 1. The number of pyridine rings is 1. The van der Waals surface area contributed by atoms with Gasteiger partial charge in [-0.25, -0.2) is 0 Å².